The standard InChI is InChI=1S/C34H49N9O10.3CH3.Ce/c1-33(2,3)52-29(49)25-22-42(31-35-17-23(18-36-31)19-39-32(50)53-34(4,5)16-27(45)46)11-12-43(25)26(44)6-14-51-15-13-40-7-9-41(10-8-40)30-37-20-24(21-38-30)28(47)48;;;;/h17-18,20-21,25H,6-16,19,22H2,1-5H3,(H,39,50)(H,45,46)(H,47,48);3*1H3;/q;3*-1;+3/t25-;;;;/m1..../s1. The number of aliphatic carboxylic acids is 1. The number of nitrogens with zero attached hydrogens (tertiary/aromatic N) is 8. The summed E-state index contributed by atoms with van der Waals surface area (Å²) in [5.74, 6) is -2.09. The number of carbonyl (C=O) groups is 5. The van der Waals surface area contributed by atoms with Crippen LogP contribution in [0.15, 0.2) is 24.8 Å². The van der Waals surface area contributed by atoms with Crippen LogP contribution in [-0.2, 0) is 35.1 Å². The van der Waals surface area contributed by atoms with Gasteiger partial charge in [-0.05, 0) is 34.6 Å². The van der Waals surface area contributed by atoms with Crippen molar-refractivity contribution >= 4 is 41.8 Å². The van der Waals surface area contributed by atoms with Crippen LogP contribution in [0.3, 0.4) is 0 Å². The summed E-state index contributed by atoms with van der Waals surface area (Å²) in [5.41, 5.74) is -1.34. The van der Waals surface area contributed by atoms with E-state index in [9.17, 15) is 24.0 Å². The van der Waals surface area contributed by atoms with Crippen LogP contribution in [0.2, 0.25) is 0 Å². The number of alkyl carbamates (subject to hydrolysis) is 1. The van der Waals surface area contributed by atoms with Gasteiger partial charge in [0.05, 0.1) is 38.2 Å². The van der Waals surface area contributed by atoms with Crippen LogP contribution in [0.1, 0.15) is 63.4 Å². The van der Waals surface area contributed by atoms with Gasteiger partial charge in [0.2, 0.25) is 17.8 Å². The number of aromatic nitrogens is 4. The molecule has 2 amide bonds. The van der Waals surface area contributed by atoms with Crippen LogP contribution in [-0.4, -0.2) is 153 Å². The third kappa shape index (κ3) is 17.3. The van der Waals surface area contributed by atoms with Crippen molar-refractivity contribution in [3.8, 4) is 0 Å². The van der Waals surface area contributed by atoms with E-state index in [-0.39, 0.29) is 115 Å². The van der Waals surface area contributed by atoms with Gasteiger partial charge < -0.3 is 66.7 Å². The number of carboxylic acids is 2. The van der Waals surface area contributed by atoms with E-state index < -0.39 is 41.2 Å². The quantitative estimate of drug-likeness (QED) is 0.132. The number of piperazine rings is 2. The van der Waals surface area contributed by atoms with E-state index in [1.54, 1.807) is 25.7 Å². The SMILES string of the molecule is CC(C)(C)OC(=O)[C@H]1CN(c2ncc(CNC(=O)OC(C)(C)CC(=O)O)cn2)CCN1C(=O)CCOCCN1CCN(c2ncc(C(=O)O)cn2)CC1.[CH3-].[CH3-].[CH3-].[Ce+3]. The molecule has 2 aromatic rings. The van der Waals surface area contributed by atoms with Crippen molar-refractivity contribution in [2.75, 3.05) is 75.4 Å². The minimum absolute atomic E-state index is 0. The summed E-state index contributed by atoms with van der Waals surface area (Å²) in [6.07, 6.45) is 4.62. The Hall–Kier alpha value is -3.79. The van der Waals surface area contributed by atoms with Crippen molar-refractivity contribution in [1.29, 1.82) is 0 Å². The zero-order chi connectivity index (χ0) is 38.8. The molecule has 2 fully saturated rings. The number of carboxylic acid groups (broad SMARTS) is 2. The minimum atomic E-state index is -1.19. The number of amides is 2. The van der Waals surface area contributed by atoms with Gasteiger partial charge in [0.1, 0.15) is 17.2 Å². The maximum Gasteiger partial charge on any atom is 3.00 e. The van der Waals surface area contributed by atoms with Crippen molar-refractivity contribution in [2.24, 2.45) is 0 Å². The van der Waals surface area contributed by atoms with E-state index >= 15 is 0 Å². The average molecular weight is 929 g/mol. The van der Waals surface area contributed by atoms with Gasteiger partial charge in [0.25, 0.3) is 0 Å². The van der Waals surface area contributed by atoms with E-state index in [1.165, 1.54) is 43.5 Å². The Balaban J connectivity index is 0.00000784. The van der Waals surface area contributed by atoms with E-state index in [0.717, 1.165) is 13.1 Å². The van der Waals surface area contributed by atoms with Gasteiger partial charge in [-0.3, -0.25) is 14.5 Å². The zero-order valence-corrected chi connectivity index (χ0v) is 37.5. The molecule has 20 heteroatoms. The van der Waals surface area contributed by atoms with Crippen LogP contribution in [0.5, 0.6) is 0 Å². The molecular formula is C37H58CeN9O10. The predicted octanol–water partition coefficient (Wildman–Crippen LogP) is 2.38. The molecule has 1 atom stereocenters. The number of carbonyl (C=O) groups excluding carboxylic acids is 3. The number of anilines is 2. The van der Waals surface area contributed by atoms with E-state index in [2.05, 4.69) is 30.2 Å². The average Bonchev–Trinajstić information content (AvgIpc) is 3.09. The molecule has 1 radical (unpaired) electrons. The van der Waals surface area contributed by atoms with Crippen LogP contribution in [0.25, 0.3) is 0 Å². The Morgan fingerprint density at radius 1 is 0.789 bits per heavy atom. The number of rotatable bonds is 15. The van der Waals surface area contributed by atoms with Crippen LogP contribution in [0.4, 0.5) is 16.7 Å². The summed E-state index contributed by atoms with van der Waals surface area (Å²) in [6.45, 7) is 13.2. The summed E-state index contributed by atoms with van der Waals surface area (Å²) >= 11 is 0. The van der Waals surface area contributed by atoms with Crippen molar-refractivity contribution in [2.45, 2.75) is 71.2 Å². The molecule has 4 heterocycles. The van der Waals surface area contributed by atoms with Gasteiger partial charge >= 0.3 is 65.7 Å². The molecule has 0 aromatic carbocycles. The fourth-order valence-corrected chi connectivity index (χ4v) is 5.66. The number of aromatic carboxylic acids is 1. The number of esters is 1. The molecule has 2 saturated heterocycles. The molecule has 0 unspecified atom stereocenters. The summed E-state index contributed by atoms with van der Waals surface area (Å²) in [6, 6.07) is -0.898. The van der Waals surface area contributed by atoms with Crippen molar-refractivity contribution in [3.05, 3.63) is 58.2 Å². The molecule has 2 aliphatic rings. The smallest absolute Gasteiger partial charge is 0.481 e. The molecule has 0 spiro atoms. The molecule has 0 saturated carbocycles. The van der Waals surface area contributed by atoms with Gasteiger partial charge in [-0.15, -0.1) is 0 Å². The summed E-state index contributed by atoms with van der Waals surface area (Å²) < 4.78 is 16.7. The Kier molecular flexibility index (Phi) is 22.6. The molecule has 2 aromatic heterocycles. The topological polar surface area (TPSA) is 230 Å². The van der Waals surface area contributed by atoms with Crippen molar-refractivity contribution < 1.29 is 90.1 Å². The maximum atomic E-state index is 13.4. The second kappa shape index (κ2) is 24.2. The van der Waals surface area contributed by atoms with Crippen molar-refractivity contribution in [3.63, 3.8) is 0 Å². The van der Waals surface area contributed by atoms with Crippen LogP contribution in [0, 0.1) is 64.0 Å². The molecule has 0 aliphatic carbocycles. The van der Waals surface area contributed by atoms with E-state index in [0.29, 0.717) is 50.2 Å². The van der Waals surface area contributed by atoms with Gasteiger partial charge in [-0.2, -0.15) is 0 Å². The first-order valence-electron chi connectivity index (χ1n) is 17.4. The molecule has 4 rings (SSSR count). The first-order valence-corrected chi connectivity index (χ1v) is 17.4. The largest absolute Gasteiger partial charge is 3.00 e. The number of hydrogen-bond acceptors (Lipinski definition) is 15. The third-order valence-electron chi connectivity index (χ3n) is 8.29. The number of nitrogens with one attached hydrogen (secondary N) is 1. The van der Waals surface area contributed by atoms with Crippen LogP contribution >= 0.6 is 0 Å². The maximum absolute atomic E-state index is 13.4. The summed E-state index contributed by atoms with van der Waals surface area (Å²) in [5, 5.41) is 20.6. The second-order valence-electron chi connectivity index (χ2n) is 14.3. The molecule has 315 valence electrons. The first-order chi connectivity index (χ1) is 25.0. The molecular weight excluding hydrogens is 871 g/mol. The predicted molar refractivity (Wildman–Crippen MR) is 208 cm³/mol. The normalized spacial score (nSPS) is 15.7. The first kappa shape index (κ1) is 53.2. The van der Waals surface area contributed by atoms with Gasteiger partial charge in [0.15, 0.2) is 0 Å². The van der Waals surface area contributed by atoms with Gasteiger partial charge in [-0.25, -0.2) is 34.3 Å². The number of ether oxygens (including phenoxy) is 3. The molecule has 57 heavy (non-hydrogen) atoms. The fourth-order valence-electron chi connectivity index (χ4n) is 5.66. The fraction of sp³-hybridized carbons (Fsp3) is 0.568. The Morgan fingerprint density at radius 3 is 1.91 bits per heavy atom. The van der Waals surface area contributed by atoms with E-state index in [1.807, 2.05) is 4.90 Å². The molecule has 3 N–H and O–H groups in total. The Morgan fingerprint density at radius 2 is 1.35 bits per heavy atom. The third-order valence-corrected chi connectivity index (χ3v) is 8.29. The summed E-state index contributed by atoms with van der Waals surface area (Å²) in [7, 11) is 0. The Labute approximate surface area is 369 Å². The van der Waals surface area contributed by atoms with Crippen molar-refractivity contribution in [1.82, 2.24) is 35.1 Å². The van der Waals surface area contributed by atoms with E-state index in [4.69, 9.17) is 24.4 Å². The number of hydrogen-bond donors (Lipinski definition) is 3. The second-order valence-corrected chi connectivity index (χ2v) is 14.3. The van der Waals surface area contributed by atoms with Gasteiger partial charge in [0, 0.05) is 82.7 Å². The van der Waals surface area contributed by atoms with Crippen LogP contribution < -0.4 is 15.1 Å². The molecule has 0 bridgehead atoms. The Bertz CT molecular complexity index is 1590. The zero-order valence-electron chi connectivity index (χ0n) is 34.3. The monoisotopic (exact) mass is 928 g/mol. The molecule has 19 nitrogen and oxygen atoms in total. The molecule has 2 aliphatic heterocycles. The van der Waals surface area contributed by atoms with Gasteiger partial charge in [-0.1, -0.05) is 0 Å². The minimum Gasteiger partial charge on any atom is -0.481 e. The summed E-state index contributed by atoms with van der Waals surface area (Å²) in [4.78, 5) is 85.6.